The molecule has 0 bridgehead atoms. The topological polar surface area (TPSA) is 55.3 Å². The van der Waals surface area contributed by atoms with Gasteiger partial charge in [-0.3, -0.25) is 4.98 Å². The predicted octanol–water partition coefficient (Wildman–Crippen LogP) is 11.7. The summed E-state index contributed by atoms with van der Waals surface area (Å²) in [7, 11) is 0. The molecule has 0 aliphatic carbocycles. The van der Waals surface area contributed by atoms with E-state index in [1.54, 1.807) is 12.4 Å². The van der Waals surface area contributed by atoms with Crippen LogP contribution in [-0.4, -0.2) is 9.97 Å². The molecule has 6 aromatic carbocycles. The van der Waals surface area contributed by atoms with Gasteiger partial charge in [-0.1, -0.05) is 66.7 Å². The zero-order valence-electron chi connectivity index (χ0n) is 25.1. The summed E-state index contributed by atoms with van der Waals surface area (Å²) >= 11 is 0. The summed E-state index contributed by atoms with van der Waals surface area (Å²) in [6, 6.07) is 46.9. The highest BCUT2D eigenvalue weighted by Gasteiger charge is 2.21. The average molecular weight is 604 g/mol. The normalized spacial score (nSPS) is 11.8. The quantitative estimate of drug-likeness (QED) is 0.187. The van der Waals surface area contributed by atoms with Crippen molar-refractivity contribution in [2.24, 2.45) is 0 Å². The predicted molar refractivity (Wildman–Crippen MR) is 192 cm³/mol. The first-order chi connectivity index (χ1) is 23.3. The summed E-state index contributed by atoms with van der Waals surface area (Å²) in [5, 5.41) is 9.00. The van der Waals surface area contributed by atoms with Gasteiger partial charge in [0.15, 0.2) is 0 Å². The smallest absolute Gasteiger partial charge is 0.227 e. The van der Waals surface area contributed by atoms with Gasteiger partial charge in [-0.25, -0.2) is 4.98 Å². The Morgan fingerprint density at radius 3 is 2.21 bits per heavy atom. The number of rotatable bonds is 4. The zero-order valence-corrected chi connectivity index (χ0v) is 25.1. The van der Waals surface area contributed by atoms with Crippen molar-refractivity contribution in [1.29, 1.82) is 0 Å². The monoisotopic (exact) mass is 603 g/mol. The molecular formula is C42H25N3O2. The summed E-state index contributed by atoms with van der Waals surface area (Å²) in [6.07, 6.45) is 5.41. The molecule has 0 aliphatic heterocycles. The van der Waals surface area contributed by atoms with Gasteiger partial charge in [0.1, 0.15) is 16.7 Å². The van der Waals surface area contributed by atoms with Gasteiger partial charge < -0.3 is 13.7 Å². The lowest BCUT2D eigenvalue weighted by Gasteiger charge is -2.26. The highest BCUT2D eigenvalue weighted by Crippen LogP contribution is 2.44. The fraction of sp³-hybridized carbons (Fsp3) is 0. The first-order valence-corrected chi connectivity index (χ1v) is 15.6. The maximum absolute atomic E-state index is 6.28. The lowest BCUT2D eigenvalue weighted by Crippen LogP contribution is -2.10. The molecular weight excluding hydrogens is 578 g/mol. The molecule has 5 heteroatoms. The molecule has 10 rings (SSSR count). The Morgan fingerprint density at radius 2 is 1.30 bits per heavy atom. The van der Waals surface area contributed by atoms with E-state index in [1.807, 2.05) is 36.5 Å². The third-order valence-electron chi connectivity index (χ3n) is 9.21. The van der Waals surface area contributed by atoms with E-state index in [0.29, 0.717) is 5.71 Å². The summed E-state index contributed by atoms with van der Waals surface area (Å²) in [5.74, 6) is 0. The molecule has 0 atom stereocenters. The number of pyridine rings is 2. The minimum Gasteiger partial charge on any atom is -0.456 e. The fourth-order valence-corrected chi connectivity index (χ4v) is 7.09. The van der Waals surface area contributed by atoms with E-state index < -0.39 is 0 Å². The van der Waals surface area contributed by atoms with E-state index in [0.717, 1.165) is 60.9 Å². The van der Waals surface area contributed by atoms with Crippen LogP contribution in [0.1, 0.15) is 0 Å². The number of hydrogen-bond acceptors (Lipinski definition) is 5. The molecule has 0 saturated heterocycles. The Bertz CT molecular complexity index is 2810. The van der Waals surface area contributed by atoms with Gasteiger partial charge in [0.25, 0.3) is 0 Å². The Labute approximate surface area is 268 Å². The van der Waals surface area contributed by atoms with Crippen LogP contribution in [0.3, 0.4) is 0 Å². The molecule has 220 valence electrons. The first-order valence-electron chi connectivity index (χ1n) is 15.6. The van der Waals surface area contributed by atoms with Crippen LogP contribution in [-0.2, 0) is 0 Å². The molecule has 4 heterocycles. The van der Waals surface area contributed by atoms with E-state index >= 15 is 0 Å². The van der Waals surface area contributed by atoms with Crippen LogP contribution < -0.4 is 4.90 Å². The number of benzene rings is 6. The standard InChI is InChI=1S/C42H25N3O2/c1-2-8-30-27(7-1)23-35(32-10-4-3-9-31(30)32)26-14-16-28(17-15-26)45(29-18-19-33-34-11-6-21-44-42(34)47-40(33)24-29)37-12-5-13-39-41(37)36-25-43-22-20-38(36)46-39/h1-25H. The van der Waals surface area contributed by atoms with Crippen LogP contribution in [0.25, 0.3) is 76.7 Å². The summed E-state index contributed by atoms with van der Waals surface area (Å²) in [5.41, 5.74) is 8.37. The van der Waals surface area contributed by atoms with Crippen molar-refractivity contribution >= 4 is 82.6 Å². The molecule has 47 heavy (non-hydrogen) atoms. The van der Waals surface area contributed by atoms with E-state index in [2.05, 4.69) is 118 Å². The van der Waals surface area contributed by atoms with Gasteiger partial charge in [0.05, 0.1) is 11.1 Å². The van der Waals surface area contributed by atoms with Gasteiger partial charge in [0, 0.05) is 52.2 Å². The van der Waals surface area contributed by atoms with Crippen LogP contribution in [0, 0.1) is 0 Å². The van der Waals surface area contributed by atoms with Crippen molar-refractivity contribution in [1.82, 2.24) is 9.97 Å². The van der Waals surface area contributed by atoms with Gasteiger partial charge >= 0.3 is 0 Å². The molecule has 4 aromatic heterocycles. The van der Waals surface area contributed by atoms with Gasteiger partial charge in [-0.05, 0) is 93.3 Å². The number of furan rings is 2. The number of fused-ring (bicyclic) bond motifs is 9. The van der Waals surface area contributed by atoms with Crippen molar-refractivity contribution in [2.75, 3.05) is 4.90 Å². The molecule has 0 unspecified atom stereocenters. The second kappa shape index (κ2) is 10.0. The number of nitrogens with zero attached hydrogens (tertiary/aromatic N) is 3. The molecule has 0 spiro atoms. The van der Waals surface area contributed by atoms with Crippen LogP contribution in [0.5, 0.6) is 0 Å². The third-order valence-corrected chi connectivity index (χ3v) is 9.21. The second-order valence-corrected chi connectivity index (χ2v) is 11.8. The lowest BCUT2D eigenvalue weighted by molar-refractivity contribution is 0.654. The Morgan fingerprint density at radius 1 is 0.489 bits per heavy atom. The van der Waals surface area contributed by atoms with E-state index in [4.69, 9.17) is 8.83 Å². The van der Waals surface area contributed by atoms with Crippen LogP contribution >= 0.6 is 0 Å². The summed E-state index contributed by atoms with van der Waals surface area (Å²) in [6.45, 7) is 0. The van der Waals surface area contributed by atoms with Crippen LogP contribution in [0.4, 0.5) is 17.1 Å². The number of anilines is 3. The second-order valence-electron chi connectivity index (χ2n) is 11.8. The average Bonchev–Trinajstić information content (AvgIpc) is 3.70. The Hall–Kier alpha value is -6.46. The van der Waals surface area contributed by atoms with E-state index in [-0.39, 0.29) is 0 Å². The Balaban J connectivity index is 1.19. The largest absolute Gasteiger partial charge is 0.456 e. The molecule has 0 N–H and O–H groups in total. The van der Waals surface area contributed by atoms with Crippen molar-refractivity contribution in [3.8, 4) is 11.1 Å². The molecule has 0 aliphatic rings. The minimum absolute atomic E-state index is 0.632. The molecule has 0 fully saturated rings. The van der Waals surface area contributed by atoms with Crippen LogP contribution in [0.2, 0.25) is 0 Å². The molecule has 0 amide bonds. The fourth-order valence-electron chi connectivity index (χ4n) is 7.09. The number of aromatic nitrogens is 2. The van der Waals surface area contributed by atoms with Crippen molar-refractivity contribution in [3.05, 3.63) is 152 Å². The summed E-state index contributed by atoms with van der Waals surface area (Å²) < 4.78 is 12.5. The van der Waals surface area contributed by atoms with Crippen LogP contribution in [0.15, 0.2) is 161 Å². The molecule has 0 saturated carbocycles. The van der Waals surface area contributed by atoms with Gasteiger partial charge in [0.2, 0.25) is 5.71 Å². The highest BCUT2D eigenvalue weighted by atomic mass is 16.3. The first kappa shape index (κ1) is 25.8. The molecule has 0 radical (unpaired) electrons. The Kier molecular flexibility index (Phi) is 5.51. The highest BCUT2D eigenvalue weighted by molar-refractivity contribution is 6.15. The number of hydrogen-bond donors (Lipinski definition) is 0. The SMILES string of the molecule is c1ccc2c(c1)cc(-c1ccc(N(c3ccc4c(c3)oc3ncccc34)c3cccc4oc5ccncc5c34)cc1)c1ccccc12. The summed E-state index contributed by atoms with van der Waals surface area (Å²) in [4.78, 5) is 11.2. The minimum atomic E-state index is 0.632. The van der Waals surface area contributed by atoms with Crippen molar-refractivity contribution in [3.63, 3.8) is 0 Å². The lowest BCUT2D eigenvalue weighted by atomic mass is 9.93. The van der Waals surface area contributed by atoms with Crippen molar-refractivity contribution in [2.45, 2.75) is 0 Å². The zero-order chi connectivity index (χ0) is 30.9. The van der Waals surface area contributed by atoms with Crippen molar-refractivity contribution < 1.29 is 8.83 Å². The maximum Gasteiger partial charge on any atom is 0.227 e. The molecule has 5 nitrogen and oxygen atoms in total. The molecule has 10 aromatic rings. The maximum atomic E-state index is 6.28. The van der Waals surface area contributed by atoms with Gasteiger partial charge in [-0.2, -0.15) is 0 Å². The van der Waals surface area contributed by atoms with E-state index in [9.17, 15) is 0 Å². The van der Waals surface area contributed by atoms with E-state index in [1.165, 1.54) is 27.1 Å². The third kappa shape index (κ3) is 3.97. The van der Waals surface area contributed by atoms with Gasteiger partial charge in [-0.15, -0.1) is 0 Å².